The van der Waals surface area contributed by atoms with E-state index in [1.165, 1.54) is 26.7 Å². The van der Waals surface area contributed by atoms with E-state index in [4.69, 9.17) is 9.47 Å². The summed E-state index contributed by atoms with van der Waals surface area (Å²) in [5.74, 6) is 2.65. The zero-order chi connectivity index (χ0) is 19.7. The molecule has 1 aromatic heterocycles. The smallest absolute Gasteiger partial charge is 0.243 e. The number of benzene rings is 1. The van der Waals surface area contributed by atoms with Crippen molar-refractivity contribution in [2.45, 2.75) is 56.0 Å². The number of methoxy groups -OCH3 is 2. The van der Waals surface area contributed by atoms with E-state index >= 15 is 0 Å². The summed E-state index contributed by atoms with van der Waals surface area (Å²) in [6.07, 6.45) is 5.82. The van der Waals surface area contributed by atoms with Crippen molar-refractivity contribution < 1.29 is 17.9 Å². The predicted octanol–water partition coefficient (Wildman–Crippen LogP) is 2.55. The quantitative estimate of drug-likeness (QED) is 0.758. The Balaban J connectivity index is 1.69. The minimum absolute atomic E-state index is 0.202. The fraction of sp³-hybridized carbons (Fsp3) is 0.579. The Labute approximate surface area is 165 Å². The molecule has 152 valence electrons. The highest BCUT2D eigenvalue weighted by atomic mass is 32.2. The summed E-state index contributed by atoms with van der Waals surface area (Å²) in [6.45, 7) is 1.34. The monoisotopic (exact) mass is 406 g/mol. The van der Waals surface area contributed by atoms with Crippen molar-refractivity contribution >= 4 is 10.0 Å². The molecule has 1 unspecified atom stereocenters. The number of aryl methyl sites for hydroxylation is 1. The molecule has 4 rings (SSSR count). The van der Waals surface area contributed by atoms with Gasteiger partial charge in [0.15, 0.2) is 17.3 Å². The number of hydrogen-bond donors (Lipinski definition) is 0. The van der Waals surface area contributed by atoms with Crippen molar-refractivity contribution in [3.63, 3.8) is 0 Å². The maximum absolute atomic E-state index is 13.4. The third-order valence-electron chi connectivity index (χ3n) is 5.60. The van der Waals surface area contributed by atoms with Gasteiger partial charge in [-0.05, 0) is 37.8 Å². The summed E-state index contributed by atoms with van der Waals surface area (Å²) in [5.41, 5.74) is 0. The SMILES string of the molecule is COc1ccc(S(=O)(=O)N2CCCC2c2nnc3n2CCCCC3)cc1OC. The maximum atomic E-state index is 13.4. The molecule has 2 aliphatic rings. The minimum Gasteiger partial charge on any atom is -0.493 e. The van der Waals surface area contributed by atoms with Crippen LogP contribution in [0.2, 0.25) is 0 Å². The molecule has 1 saturated heterocycles. The van der Waals surface area contributed by atoms with E-state index < -0.39 is 10.0 Å². The number of nitrogens with zero attached hydrogens (tertiary/aromatic N) is 4. The third-order valence-corrected chi connectivity index (χ3v) is 7.51. The lowest BCUT2D eigenvalue weighted by Crippen LogP contribution is -2.32. The molecular formula is C19H26N4O4S. The molecule has 3 heterocycles. The molecule has 0 radical (unpaired) electrons. The summed E-state index contributed by atoms with van der Waals surface area (Å²) in [6, 6.07) is 4.43. The second kappa shape index (κ2) is 7.71. The van der Waals surface area contributed by atoms with E-state index in [0.29, 0.717) is 18.0 Å². The lowest BCUT2D eigenvalue weighted by atomic mass is 10.2. The fourth-order valence-electron chi connectivity index (χ4n) is 4.15. The van der Waals surface area contributed by atoms with Crippen LogP contribution in [0.15, 0.2) is 23.1 Å². The molecule has 1 atom stereocenters. The van der Waals surface area contributed by atoms with E-state index in [-0.39, 0.29) is 10.9 Å². The van der Waals surface area contributed by atoms with E-state index in [2.05, 4.69) is 14.8 Å². The lowest BCUT2D eigenvalue weighted by Gasteiger charge is -2.24. The van der Waals surface area contributed by atoms with Gasteiger partial charge in [-0.1, -0.05) is 6.42 Å². The number of aromatic nitrogens is 3. The van der Waals surface area contributed by atoms with Gasteiger partial charge in [0.05, 0.1) is 25.2 Å². The number of ether oxygens (including phenoxy) is 2. The average Bonchev–Trinajstić information content (AvgIpc) is 3.28. The fourth-order valence-corrected chi connectivity index (χ4v) is 5.82. The summed E-state index contributed by atoms with van der Waals surface area (Å²) < 4.78 is 41.1. The standard InChI is InChI=1S/C19H26N4O4S/c1-26-16-10-9-14(13-17(16)27-2)28(24,25)23-12-6-7-15(23)19-21-20-18-8-4-3-5-11-22(18)19/h9-10,13,15H,3-8,11-12H2,1-2H3. The van der Waals surface area contributed by atoms with E-state index in [0.717, 1.165) is 50.3 Å². The van der Waals surface area contributed by atoms with Gasteiger partial charge in [-0.25, -0.2) is 8.42 Å². The van der Waals surface area contributed by atoms with Crippen LogP contribution in [-0.2, 0) is 23.0 Å². The van der Waals surface area contributed by atoms with Gasteiger partial charge >= 0.3 is 0 Å². The second-order valence-electron chi connectivity index (χ2n) is 7.23. The van der Waals surface area contributed by atoms with Crippen LogP contribution >= 0.6 is 0 Å². The Bertz CT molecular complexity index is 957. The van der Waals surface area contributed by atoms with Crippen LogP contribution in [0.4, 0.5) is 0 Å². The first-order chi connectivity index (χ1) is 13.6. The molecule has 8 nitrogen and oxygen atoms in total. The second-order valence-corrected chi connectivity index (χ2v) is 9.12. The molecule has 1 fully saturated rings. The molecule has 28 heavy (non-hydrogen) atoms. The Morgan fingerprint density at radius 3 is 2.61 bits per heavy atom. The summed E-state index contributed by atoms with van der Waals surface area (Å²) in [7, 11) is -0.665. The van der Waals surface area contributed by atoms with E-state index in [1.807, 2.05) is 0 Å². The maximum Gasteiger partial charge on any atom is 0.243 e. The van der Waals surface area contributed by atoms with Gasteiger partial charge in [0, 0.05) is 25.6 Å². The molecule has 0 aliphatic carbocycles. The number of rotatable bonds is 5. The van der Waals surface area contributed by atoms with E-state index in [9.17, 15) is 8.42 Å². The molecule has 1 aromatic carbocycles. The first kappa shape index (κ1) is 19.2. The molecule has 0 N–H and O–H groups in total. The zero-order valence-electron chi connectivity index (χ0n) is 16.3. The summed E-state index contributed by atoms with van der Waals surface area (Å²) in [4.78, 5) is 0.202. The average molecular weight is 407 g/mol. The molecule has 2 aromatic rings. The Morgan fingerprint density at radius 1 is 1.00 bits per heavy atom. The molecule has 0 saturated carbocycles. The van der Waals surface area contributed by atoms with Crippen molar-refractivity contribution in [1.82, 2.24) is 19.1 Å². The summed E-state index contributed by atoms with van der Waals surface area (Å²) in [5, 5.41) is 8.76. The predicted molar refractivity (Wildman–Crippen MR) is 103 cm³/mol. The van der Waals surface area contributed by atoms with Crippen LogP contribution in [0, 0.1) is 0 Å². The molecule has 0 amide bonds. The van der Waals surface area contributed by atoms with Crippen molar-refractivity contribution in [2.75, 3.05) is 20.8 Å². The Kier molecular flexibility index (Phi) is 5.29. The topological polar surface area (TPSA) is 86.6 Å². The van der Waals surface area contributed by atoms with Gasteiger partial charge in [-0.15, -0.1) is 10.2 Å². The number of fused-ring (bicyclic) bond motifs is 1. The van der Waals surface area contributed by atoms with Crippen molar-refractivity contribution in [3.8, 4) is 11.5 Å². The highest BCUT2D eigenvalue weighted by Crippen LogP contribution is 2.38. The molecule has 2 aliphatic heterocycles. The van der Waals surface area contributed by atoms with Gasteiger partial charge < -0.3 is 14.0 Å². The van der Waals surface area contributed by atoms with Crippen molar-refractivity contribution in [3.05, 3.63) is 29.8 Å². The minimum atomic E-state index is -3.69. The number of hydrogen-bond acceptors (Lipinski definition) is 6. The summed E-state index contributed by atoms with van der Waals surface area (Å²) >= 11 is 0. The number of sulfonamides is 1. The molecule has 9 heteroatoms. The first-order valence-electron chi connectivity index (χ1n) is 9.72. The largest absolute Gasteiger partial charge is 0.493 e. The molecule has 0 spiro atoms. The van der Waals surface area contributed by atoms with Crippen LogP contribution in [0.25, 0.3) is 0 Å². The Morgan fingerprint density at radius 2 is 1.82 bits per heavy atom. The van der Waals surface area contributed by atoms with Crippen LogP contribution in [-0.4, -0.2) is 48.3 Å². The van der Waals surface area contributed by atoms with Gasteiger partial charge in [-0.2, -0.15) is 4.31 Å². The van der Waals surface area contributed by atoms with Crippen molar-refractivity contribution in [2.24, 2.45) is 0 Å². The van der Waals surface area contributed by atoms with Crippen LogP contribution in [0.1, 0.15) is 49.8 Å². The normalized spacial score (nSPS) is 20.6. The first-order valence-corrected chi connectivity index (χ1v) is 11.2. The van der Waals surface area contributed by atoms with Crippen LogP contribution in [0.5, 0.6) is 11.5 Å². The van der Waals surface area contributed by atoms with Crippen LogP contribution < -0.4 is 9.47 Å². The van der Waals surface area contributed by atoms with Gasteiger partial charge in [0.25, 0.3) is 0 Å². The molecule has 0 bridgehead atoms. The van der Waals surface area contributed by atoms with E-state index in [1.54, 1.807) is 16.4 Å². The highest BCUT2D eigenvalue weighted by molar-refractivity contribution is 7.89. The van der Waals surface area contributed by atoms with Gasteiger partial charge in [0.1, 0.15) is 5.82 Å². The van der Waals surface area contributed by atoms with Gasteiger partial charge in [0.2, 0.25) is 10.0 Å². The highest BCUT2D eigenvalue weighted by Gasteiger charge is 2.39. The zero-order valence-corrected chi connectivity index (χ0v) is 17.1. The van der Waals surface area contributed by atoms with Crippen molar-refractivity contribution in [1.29, 1.82) is 0 Å². The third kappa shape index (κ3) is 3.26. The lowest BCUT2D eigenvalue weighted by molar-refractivity contribution is 0.352. The van der Waals surface area contributed by atoms with Crippen LogP contribution in [0.3, 0.4) is 0 Å². The Hall–Kier alpha value is -2.13. The van der Waals surface area contributed by atoms with Gasteiger partial charge in [-0.3, -0.25) is 0 Å². The molecular weight excluding hydrogens is 380 g/mol.